The lowest BCUT2D eigenvalue weighted by atomic mass is 9.86. The van der Waals surface area contributed by atoms with Gasteiger partial charge < -0.3 is 5.73 Å². The SMILES string of the molecule is CN(CC1CCC1)S(=O)(=O)c1ccc(N)cc1Cl. The normalized spacial score (nSPS) is 16.8. The molecule has 0 atom stereocenters. The molecule has 0 heterocycles. The summed E-state index contributed by atoms with van der Waals surface area (Å²) in [5.74, 6) is 0.484. The van der Waals surface area contributed by atoms with E-state index in [-0.39, 0.29) is 9.92 Å². The Morgan fingerprint density at radius 3 is 2.61 bits per heavy atom. The molecule has 18 heavy (non-hydrogen) atoms. The Morgan fingerprint density at radius 1 is 1.44 bits per heavy atom. The van der Waals surface area contributed by atoms with Gasteiger partial charge in [-0.3, -0.25) is 0 Å². The summed E-state index contributed by atoms with van der Waals surface area (Å²) in [6, 6.07) is 4.48. The number of benzene rings is 1. The molecule has 4 nitrogen and oxygen atoms in total. The number of hydrogen-bond acceptors (Lipinski definition) is 3. The zero-order valence-corrected chi connectivity index (χ0v) is 11.8. The Bertz CT molecular complexity index is 541. The second-order valence-corrected chi connectivity index (χ2v) is 7.19. The lowest BCUT2D eigenvalue weighted by Gasteiger charge is -2.29. The molecular weight excluding hydrogens is 272 g/mol. The van der Waals surface area contributed by atoms with E-state index in [1.165, 1.54) is 22.9 Å². The first-order valence-corrected chi connectivity index (χ1v) is 7.74. The molecule has 0 aromatic heterocycles. The molecule has 0 unspecified atom stereocenters. The summed E-state index contributed by atoms with van der Waals surface area (Å²) in [5.41, 5.74) is 6.02. The van der Waals surface area contributed by atoms with E-state index in [0.717, 1.165) is 12.8 Å². The Morgan fingerprint density at radius 2 is 2.11 bits per heavy atom. The van der Waals surface area contributed by atoms with Crippen LogP contribution in [0.15, 0.2) is 23.1 Å². The summed E-state index contributed by atoms with van der Waals surface area (Å²) in [6.07, 6.45) is 3.41. The van der Waals surface area contributed by atoms with Gasteiger partial charge in [0.2, 0.25) is 10.0 Å². The lowest BCUT2D eigenvalue weighted by molar-refractivity contribution is 0.263. The predicted molar refractivity (Wildman–Crippen MR) is 73.0 cm³/mol. The van der Waals surface area contributed by atoms with Crippen molar-refractivity contribution in [3.63, 3.8) is 0 Å². The number of halogens is 1. The van der Waals surface area contributed by atoms with Crippen LogP contribution < -0.4 is 5.73 Å². The van der Waals surface area contributed by atoms with E-state index in [1.807, 2.05) is 0 Å². The zero-order valence-electron chi connectivity index (χ0n) is 10.3. The van der Waals surface area contributed by atoms with Crippen LogP contribution in [-0.4, -0.2) is 26.3 Å². The lowest BCUT2D eigenvalue weighted by Crippen LogP contribution is -2.34. The molecule has 1 aromatic carbocycles. The van der Waals surface area contributed by atoms with Crippen LogP contribution in [0, 0.1) is 5.92 Å². The number of hydrogen-bond donors (Lipinski definition) is 1. The third-order valence-corrected chi connectivity index (χ3v) is 5.69. The number of sulfonamides is 1. The number of anilines is 1. The summed E-state index contributed by atoms with van der Waals surface area (Å²) >= 11 is 5.96. The minimum Gasteiger partial charge on any atom is -0.399 e. The molecule has 1 saturated carbocycles. The van der Waals surface area contributed by atoms with E-state index in [4.69, 9.17) is 17.3 Å². The largest absolute Gasteiger partial charge is 0.399 e. The van der Waals surface area contributed by atoms with Gasteiger partial charge in [-0.1, -0.05) is 18.0 Å². The fourth-order valence-electron chi connectivity index (χ4n) is 2.03. The molecule has 2 rings (SSSR count). The molecule has 0 bridgehead atoms. The van der Waals surface area contributed by atoms with Crippen molar-refractivity contribution in [3.05, 3.63) is 23.2 Å². The summed E-state index contributed by atoms with van der Waals surface area (Å²) in [5, 5.41) is 0.176. The van der Waals surface area contributed by atoms with Crippen LogP contribution in [-0.2, 0) is 10.0 Å². The maximum absolute atomic E-state index is 12.3. The van der Waals surface area contributed by atoms with Crippen molar-refractivity contribution in [3.8, 4) is 0 Å². The second-order valence-electron chi connectivity index (χ2n) is 4.77. The van der Waals surface area contributed by atoms with Gasteiger partial charge >= 0.3 is 0 Å². The van der Waals surface area contributed by atoms with Crippen LogP contribution in [0.2, 0.25) is 5.02 Å². The number of nitrogen functional groups attached to an aromatic ring is 1. The fraction of sp³-hybridized carbons (Fsp3) is 0.500. The highest BCUT2D eigenvalue weighted by Crippen LogP contribution is 2.30. The second kappa shape index (κ2) is 5.07. The highest BCUT2D eigenvalue weighted by atomic mass is 35.5. The quantitative estimate of drug-likeness (QED) is 0.865. The van der Waals surface area contributed by atoms with Crippen molar-refractivity contribution in [2.24, 2.45) is 5.92 Å². The Hall–Kier alpha value is -0.780. The standard InChI is InChI=1S/C12H17ClN2O2S/c1-15(8-9-3-2-4-9)18(16,17)12-6-5-10(14)7-11(12)13/h5-7,9H,2-4,8,14H2,1H3. The van der Waals surface area contributed by atoms with Crippen LogP contribution in [0.25, 0.3) is 0 Å². The molecular formula is C12H17ClN2O2S. The Balaban J connectivity index is 2.23. The smallest absolute Gasteiger partial charge is 0.244 e. The van der Waals surface area contributed by atoms with Gasteiger partial charge in [0.25, 0.3) is 0 Å². The monoisotopic (exact) mass is 288 g/mol. The van der Waals surface area contributed by atoms with Gasteiger partial charge in [0.05, 0.1) is 5.02 Å². The van der Waals surface area contributed by atoms with Gasteiger partial charge in [-0.05, 0) is 37.0 Å². The fourth-order valence-corrected chi connectivity index (χ4v) is 3.80. The molecule has 6 heteroatoms. The van der Waals surface area contributed by atoms with Crippen molar-refractivity contribution in [1.29, 1.82) is 0 Å². The van der Waals surface area contributed by atoms with Crippen molar-refractivity contribution < 1.29 is 8.42 Å². The van der Waals surface area contributed by atoms with Gasteiger partial charge in [0.15, 0.2) is 0 Å². The molecule has 0 aliphatic heterocycles. The topological polar surface area (TPSA) is 63.4 Å². The van der Waals surface area contributed by atoms with E-state index in [1.54, 1.807) is 13.1 Å². The molecule has 100 valence electrons. The minimum absolute atomic E-state index is 0.125. The highest BCUT2D eigenvalue weighted by Gasteiger charge is 2.28. The summed E-state index contributed by atoms with van der Waals surface area (Å²) in [7, 11) is -1.91. The molecule has 0 spiro atoms. The van der Waals surface area contributed by atoms with Crippen molar-refractivity contribution in [2.45, 2.75) is 24.2 Å². The number of nitrogens with two attached hydrogens (primary N) is 1. The third kappa shape index (κ3) is 2.63. The average molecular weight is 289 g/mol. The maximum Gasteiger partial charge on any atom is 0.244 e. The van der Waals surface area contributed by atoms with E-state index >= 15 is 0 Å². The molecule has 0 radical (unpaired) electrons. The Kier molecular flexibility index (Phi) is 3.84. The van der Waals surface area contributed by atoms with Crippen LogP contribution in [0.5, 0.6) is 0 Å². The first-order chi connectivity index (χ1) is 8.41. The van der Waals surface area contributed by atoms with E-state index < -0.39 is 10.0 Å². The first kappa shape index (κ1) is 13.6. The summed E-state index contributed by atoms with van der Waals surface area (Å²) in [6.45, 7) is 0.559. The molecule has 0 amide bonds. The molecule has 1 aromatic rings. The van der Waals surface area contributed by atoms with Crippen LogP contribution >= 0.6 is 11.6 Å². The number of nitrogens with zero attached hydrogens (tertiary/aromatic N) is 1. The Labute approximate surface area is 113 Å². The van der Waals surface area contributed by atoms with Crippen LogP contribution in [0.3, 0.4) is 0 Å². The third-order valence-electron chi connectivity index (χ3n) is 3.38. The minimum atomic E-state index is -3.51. The van der Waals surface area contributed by atoms with Crippen molar-refractivity contribution in [2.75, 3.05) is 19.3 Å². The highest BCUT2D eigenvalue weighted by molar-refractivity contribution is 7.89. The van der Waals surface area contributed by atoms with Gasteiger partial charge in [0, 0.05) is 19.3 Å². The average Bonchev–Trinajstić information content (AvgIpc) is 2.22. The van der Waals surface area contributed by atoms with Crippen LogP contribution in [0.4, 0.5) is 5.69 Å². The van der Waals surface area contributed by atoms with Gasteiger partial charge in [-0.2, -0.15) is 0 Å². The van der Waals surface area contributed by atoms with E-state index in [2.05, 4.69) is 0 Å². The van der Waals surface area contributed by atoms with Crippen LogP contribution in [0.1, 0.15) is 19.3 Å². The molecule has 1 aliphatic carbocycles. The van der Waals surface area contributed by atoms with Crippen molar-refractivity contribution in [1.82, 2.24) is 4.31 Å². The van der Waals surface area contributed by atoms with Gasteiger partial charge in [-0.15, -0.1) is 0 Å². The van der Waals surface area contributed by atoms with E-state index in [0.29, 0.717) is 18.2 Å². The molecule has 0 saturated heterocycles. The summed E-state index contributed by atoms with van der Waals surface area (Å²) in [4.78, 5) is 0.125. The predicted octanol–water partition coefficient (Wildman–Crippen LogP) is 2.34. The first-order valence-electron chi connectivity index (χ1n) is 5.92. The zero-order chi connectivity index (χ0) is 13.3. The summed E-state index contributed by atoms with van der Waals surface area (Å²) < 4.78 is 26.1. The van der Waals surface area contributed by atoms with Gasteiger partial charge in [0.1, 0.15) is 4.90 Å². The number of rotatable bonds is 4. The van der Waals surface area contributed by atoms with Gasteiger partial charge in [-0.25, -0.2) is 12.7 Å². The maximum atomic E-state index is 12.3. The molecule has 1 fully saturated rings. The van der Waals surface area contributed by atoms with E-state index in [9.17, 15) is 8.42 Å². The molecule has 2 N–H and O–H groups in total. The molecule has 1 aliphatic rings. The van der Waals surface area contributed by atoms with Crippen molar-refractivity contribution >= 4 is 27.3 Å².